The van der Waals surface area contributed by atoms with Crippen LogP contribution in [0.4, 0.5) is 11.4 Å². The van der Waals surface area contributed by atoms with Gasteiger partial charge in [0, 0.05) is 57.5 Å². The predicted octanol–water partition coefficient (Wildman–Crippen LogP) is 7.81. The highest BCUT2D eigenvalue weighted by atomic mass is 16.6. The molecule has 0 amide bonds. The lowest BCUT2D eigenvalue weighted by Crippen LogP contribution is -1.92. The van der Waals surface area contributed by atoms with E-state index in [1.165, 1.54) is 18.2 Å². The highest BCUT2D eigenvalue weighted by Gasteiger charge is 2.17. The van der Waals surface area contributed by atoms with Crippen molar-refractivity contribution in [1.82, 2.24) is 19.9 Å². The Balaban J connectivity index is 1.54. The third kappa shape index (κ3) is 4.52. The number of aromatic amines is 2. The molecular formula is C32H20N6O4. The third-order valence-corrected chi connectivity index (χ3v) is 7.09. The number of nitro groups is 2. The number of non-ortho nitro benzene ring substituents is 2. The zero-order valence-electron chi connectivity index (χ0n) is 21.8. The summed E-state index contributed by atoms with van der Waals surface area (Å²) in [5.74, 6) is 0. The summed E-state index contributed by atoms with van der Waals surface area (Å²) in [7, 11) is 0. The van der Waals surface area contributed by atoms with E-state index < -0.39 is 9.85 Å². The van der Waals surface area contributed by atoms with Crippen molar-refractivity contribution < 1.29 is 9.85 Å². The van der Waals surface area contributed by atoms with Gasteiger partial charge in [0.05, 0.1) is 32.6 Å². The molecule has 7 rings (SSSR count). The van der Waals surface area contributed by atoms with Gasteiger partial charge in [-0.3, -0.25) is 20.2 Å². The summed E-state index contributed by atoms with van der Waals surface area (Å²) in [6.45, 7) is 0. The van der Waals surface area contributed by atoms with Gasteiger partial charge in [-0.2, -0.15) is 0 Å². The van der Waals surface area contributed by atoms with Gasteiger partial charge >= 0.3 is 0 Å². The molecule has 8 bridgehead atoms. The summed E-state index contributed by atoms with van der Waals surface area (Å²) < 4.78 is 0. The van der Waals surface area contributed by atoms with E-state index in [0.29, 0.717) is 39.5 Å². The first-order chi connectivity index (χ1) is 20.4. The molecule has 2 aromatic carbocycles. The maximum absolute atomic E-state index is 11.5. The summed E-state index contributed by atoms with van der Waals surface area (Å²) in [5.41, 5.74) is 8.53. The molecule has 2 aliphatic rings. The van der Waals surface area contributed by atoms with Crippen molar-refractivity contribution in [1.29, 1.82) is 0 Å². The molecular weight excluding hydrogens is 532 g/mol. The van der Waals surface area contributed by atoms with Gasteiger partial charge in [0.1, 0.15) is 0 Å². The van der Waals surface area contributed by atoms with Crippen LogP contribution in [0.25, 0.3) is 68.6 Å². The van der Waals surface area contributed by atoms with Crippen LogP contribution in [0, 0.1) is 20.2 Å². The summed E-state index contributed by atoms with van der Waals surface area (Å²) in [4.78, 5) is 38.8. The van der Waals surface area contributed by atoms with Crippen molar-refractivity contribution in [2.45, 2.75) is 0 Å². The third-order valence-electron chi connectivity index (χ3n) is 7.09. The summed E-state index contributed by atoms with van der Waals surface area (Å²) >= 11 is 0. The standard InChI is InChI=1S/C32H20N6O4/c39-37(40)25-5-1-3-19(15-25)31-27-11-7-21(33-27)17-23-9-13-29(35-23)32(20-4-2-6-26(16-20)38(41)42)30-14-10-24(36-30)18-22-8-12-28(31)34-22/h1-18,33-34H. The number of nitrogens with one attached hydrogen (secondary N) is 2. The van der Waals surface area contributed by atoms with Gasteiger partial charge in [0.25, 0.3) is 11.4 Å². The molecule has 202 valence electrons. The monoisotopic (exact) mass is 552 g/mol. The molecule has 0 saturated carbocycles. The Kier molecular flexibility index (Phi) is 5.79. The SMILES string of the molecule is O=[N+]([O-])c1cccc(-c2c3nc(cc4ccc([nH]4)c(-c4cccc([N+](=O)[O-])c4)c4ccc(cc5nc2C=C5)[nH]4)C=C3)c1. The maximum atomic E-state index is 11.5. The second kappa shape index (κ2) is 9.79. The van der Waals surface area contributed by atoms with Gasteiger partial charge in [0.15, 0.2) is 0 Å². The topological polar surface area (TPSA) is 144 Å². The molecule has 0 saturated heterocycles. The first-order valence-electron chi connectivity index (χ1n) is 13.0. The lowest BCUT2D eigenvalue weighted by molar-refractivity contribution is -0.385. The minimum absolute atomic E-state index is 0.00154. The smallest absolute Gasteiger partial charge is 0.270 e. The quantitative estimate of drug-likeness (QED) is 0.168. The van der Waals surface area contributed by atoms with Crippen LogP contribution in [0.5, 0.6) is 0 Å². The number of benzene rings is 2. The average Bonchev–Trinajstić information content (AvgIpc) is 3.80. The van der Waals surface area contributed by atoms with E-state index in [9.17, 15) is 20.2 Å². The normalized spacial score (nSPS) is 12.0. The van der Waals surface area contributed by atoms with Crippen LogP contribution >= 0.6 is 0 Å². The van der Waals surface area contributed by atoms with Gasteiger partial charge in [-0.15, -0.1) is 0 Å². The molecule has 0 aliphatic carbocycles. The van der Waals surface area contributed by atoms with Gasteiger partial charge in [-0.1, -0.05) is 24.3 Å². The first kappa shape index (κ1) is 24.9. The number of nitro benzene ring substituents is 2. The number of nitrogens with zero attached hydrogens (tertiary/aromatic N) is 4. The molecule has 0 spiro atoms. The average molecular weight is 553 g/mol. The minimum Gasteiger partial charge on any atom is -0.355 e. The van der Waals surface area contributed by atoms with E-state index in [2.05, 4.69) is 9.97 Å². The molecule has 0 fully saturated rings. The summed E-state index contributed by atoms with van der Waals surface area (Å²) in [6, 6.07) is 24.5. The van der Waals surface area contributed by atoms with Gasteiger partial charge in [-0.25, -0.2) is 9.97 Å². The van der Waals surface area contributed by atoms with Crippen LogP contribution in [0.1, 0.15) is 22.8 Å². The van der Waals surface area contributed by atoms with Crippen LogP contribution in [0.3, 0.4) is 0 Å². The molecule has 0 unspecified atom stereocenters. The molecule has 10 nitrogen and oxygen atoms in total. The highest BCUT2D eigenvalue weighted by molar-refractivity contribution is 5.94. The molecule has 5 heterocycles. The Labute approximate surface area is 237 Å². The fourth-order valence-electron chi connectivity index (χ4n) is 5.23. The van der Waals surface area contributed by atoms with Crippen LogP contribution in [-0.2, 0) is 0 Å². The van der Waals surface area contributed by atoms with Crippen LogP contribution in [0.15, 0.2) is 84.9 Å². The fourth-order valence-corrected chi connectivity index (χ4v) is 5.23. The molecule has 10 heteroatoms. The Morgan fingerprint density at radius 1 is 0.548 bits per heavy atom. The molecule has 5 aromatic rings. The summed E-state index contributed by atoms with van der Waals surface area (Å²) in [5, 5.41) is 23.1. The van der Waals surface area contributed by atoms with Crippen LogP contribution < -0.4 is 0 Å². The van der Waals surface area contributed by atoms with E-state index >= 15 is 0 Å². The minimum atomic E-state index is -0.417. The van der Waals surface area contributed by atoms with Crippen LogP contribution in [0.2, 0.25) is 0 Å². The Morgan fingerprint density at radius 3 is 1.50 bits per heavy atom. The number of aromatic nitrogens is 4. The van der Waals surface area contributed by atoms with Crippen molar-refractivity contribution in [2.24, 2.45) is 0 Å². The molecule has 3 aromatic heterocycles. The van der Waals surface area contributed by atoms with Crippen molar-refractivity contribution in [3.63, 3.8) is 0 Å². The van der Waals surface area contributed by atoms with Crippen LogP contribution in [-0.4, -0.2) is 29.8 Å². The predicted molar refractivity (Wildman–Crippen MR) is 163 cm³/mol. The largest absolute Gasteiger partial charge is 0.355 e. The molecule has 0 atom stereocenters. The molecule has 42 heavy (non-hydrogen) atoms. The number of H-pyrrole nitrogens is 2. The zero-order valence-corrected chi connectivity index (χ0v) is 21.8. The first-order valence-corrected chi connectivity index (χ1v) is 13.0. The Bertz CT molecular complexity index is 2080. The second-order valence-electron chi connectivity index (χ2n) is 9.82. The lowest BCUT2D eigenvalue weighted by atomic mass is 10.0. The number of fused-ring (bicyclic) bond motifs is 8. The molecule has 0 radical (unpaired) electrons. The van der Waals surface area contributed by atoms with Crippen molar-refractivity contribution in [2.75, 3.05) is 0 Å². The molecule has 2 aliphatic heterocycles. The number of hydrogen-bond donors (Lipinski definition) is 2. The lowest BCUT2D eigenvalue weighted by Gasteiger charge is -2.05. The highest BCUT2D eigenvalue weighted by Crippen LogP contribution is 2.34. The van der Waals surface area contributed by atoms with E-state index in [1.54, 1.807) is 18.2 Å². The molecule has 2 N–H and O–H groups in total. The Morgan fingerprint density at radius 2 is 1.02 bits per heavy atom. The maximum Gasteiger partial charge on any atom is 0.270 e. The van der Waals surface area contributed by atoms with Crippen molar-refractivity contribution in [3.05, 3.63) is 128 Å². The number of rotatable bonds is 4. The second-order valence-corrected chi connectivity index (χ2v) is 9.82. The summed E-state index contributed by atoms with van der Waals surface area (Å²) in [6.07, 6.45) is 7.50. The van der Waals surface area contributed by atoms with Crippen molar-refractivity contribution >= 4 is 57.7 Å². The van der Waals surface area contributed by atoms with E-state index in [-0.39, 0.29) is 11.4 Å². The fraction of sp³-hybridized carbons (Fsp3) is 0. The number of hydrogen-bond acceptors (Lipinski definition) is 6. The Hall–Kier alpha value is -6.16. The van der Waals surface area contributed by atoms with Gasteiger partial charge in [-0.05, 0) is 71.8 Å². The van der Waals surface area contributed by atoms with E-state index in [1.807, 2.05) is 72.8 Å². The van der Waals surface area contributed by atoms with E-state index in [0.717, 1.165) is 27.6 Å². The van der Waals surface area contributed by atoms with Gasteiger partial charge in [0.2, 0.25) is 0 Å². The zero-order chi connectivity index (χ0) is 28.8. The van der Waals surface area contributed by atoms with Crippen molar-refractivity contribution in [3.8, 4) is 22.3 Å². The van der Waals surface area contributed by atoms with E-state index in [4.69, 9.17) is 9.97 Å². The van der Waals surface area contributed by atoms with Gasteiger partial charge < -0.3 is 9.97 Å².